The quantitative estimate of drug-likeness (QED) is 0.0732. The first-order valence-electron chi connectivity index (χ1n) is 20.6. The number of thiol groups is 1. The summed E-state index contributed by atoms with van der Waals surface area (Å²) in [4.78, 5) is 1.00. The lowest BCUT2D eigenvalue weighted by Gasteiger charge is -2.46. The Balaban J connectivity index is 0.000000421. The summed E-state index contributed by atoms with van der Waals surface area (Å²) in [6.45, 7) is 0.884. The molecule has 0 aliphatic heterocycles. The zero-order valence-corrected chi connectivity index (χ0v) is 37.4. The number of benzene rings is 6. The van der Waals surface area contributed by atoms with E-state index in [0.717, 1.165) is 11.4 Å². The molecule has 6 aromatic carbocycles. The van der Waals surface area contributed by atoms with Crippen LogP contribution in [0.15, 0.2) is 145 Å². The maximum absolute atomic E-state index is 14.2. The monoisotopic (exact) mass is 1120 g/mol. The van der Waals surface area contributed by atoms with E-state index in [1.807, 2.05) is 12.1 Å². The summed E-state index contributed by atoms with van der Waals surface area (Å²) in [6, 6.07) is 12.2. The first-order valence-corrected chi connectivity index (χ1v) is 21.0. The summed E-state index contributed by atoms with van der Waals surface area (Å²) in [6.07, 6.45) is -52.7. The molecule has 0 spiro atoms. The fourth-order valence-electron chi connectivity index (χ4n) is 8.23. The molecule has 400 valence electrons. The van der Waals surface area contributed by atoms with Crippen molar-refractivity contribution in [3.05, 3.63) is 190 Å². The Kier molecular flexibility index (Phi) is 15.3. The molecule has 27 heteroatoms. The largest absolute Gasteiger partial charge is 0.416 e. The number of nitrogens with zero attached hydrogens (tertiary/aromatic N) is 1. The Bertz CT molecular complexity index is 2750. The van der Waals surface area contributed by atoms with E-state index >= 15 is 0 Å². The minimum absolute atomic E-state index is 0.691. The third-order valence-corrected chi connectivity index (χ3v) is 11.8. The Hall–Kier alpha value is -6.54. The fourth-order valence-corrected chi connectivity index (χ4v) is 8.38. The molecule has 1 nitrogen and oxygen atoms in total. The lowest BCUT2D eigenvalue weighted by atomic mass is 9.12. The van der Waals surface area contributed by atoms with Crippen LogP contribution in [0, 0.1) is 0 Å². The van der Waals surface area contributed by atoms with E-state index in [-0.39, 0.29) is 0 Å². The molecule has 0 amide bonds. The minimum Gasteiger partial charge on any atom is -0.194 e. The van der Waals surface area contributed by atoms with Gasteiger partial charge in [0.2, 0.25) is 5.52 Å². The van der Waals surface area contributed by atoms with Gasteiger partial charge in [-0.2, -0.15) is 132 Å². The van der Waals surface area contributed by atoms with Crippen LogP contribution in [0.2, 0.25) is 0 Å². The Morgan fingerprint density at radius 2 is 0.573 bits per heavy atom. The van der Waals surface area contributed by atoms with Crippen molar-refractivity contribution in [2.45, 2.75) is 60.9 Å². The molecule has 0 aliphatic rings. The highest BCUT2D eigenvalue weighted by Gasteiger charge is 2.47. The summed E-state index contributed by atoms with van der Waals surface area (Å²) in [5, 5.41) is 1.27. The fraction of sp³-hybridized carbons (Fsp3) is 0.188. The number of halogens is 24. The van der Waals surface area contributed by atoms with Crippen molar-refractivity contribution in [2.75, 3.05) is 0 Å². The van der Waals surface area contributed by atoms with Crippen molar-refractivity contribution in [1.82, 2.24) is 0 Å². The molecule has 0 fully saturated rings. The van der Waals surface area contributed by atoms with Crippen LogP contribution < -0.4 is 26.4 Å². The predicted octanol–water partition coefficient (Wildman–Crippen LogP) is 14.7. The molecular formula is C48H26BF24NS. The number of aromatic nitrogens is 1. The number of hydrogen-bond donors (Lipinski definition) is 1. The van der Waals surface area contributed by atoms with Gasteiger partial charge in [0.25, 0.3) is 0 Å². The van der Waals surface area contributed by atoms with E-state index in [4.69, 9.17) is 0 Å². The van der Waals surface area contributed by atoms with Gasteiger partial charge < -0.3 is 0 Å². The number of rotatable bonds is 6. The second kappa shape index (κ2) is 19.9. The molecule has 0 unspecified atom stereocenters. The zero-order valence-electron chi connectivity index (χ0n) is 36.5. The van der Waals surface area contributed by atoms with Gasteiger partial charge >= 0.3 is 49.4 Å². The van der Waals surface area contributed by atoms with Gasteiger partial charge in [-0.3, -0.25) is 0 Å². The van der Waals surface area contributed by atoms with Gasteiger partial charge in [-0.25, -0.2) is 0 Å². The highest BCUT2D eigenvalue weighted by atomic mass is 32.1. The number of hydrogen-bond acceptors (Lipinski definition) is 1. The summed E-state index contributed by atoms with van der Waals surface area (Å²) in [5.41, 5.74) is -27.7. The van der Waals surface area contributed by atoms with Crippen molar-refractivity contribution in [2.24, 2.45) is 0 Å². The standard InChI is InChI=1S/C32H12BF24.C16H13NS/c34-25(35,36)13-1-14(26(37,38)39)6-21(5-13)33(22-7-15(27(40,41)42)2-16(8-22)28(43,44)45,23-9-17(29(46,47)48)3-18(10-23)30(49,50)51)24-11-19(31(52,53)54)4-20(12-24)32(55,56)57;18-15-9-7-13(8-10-15)12-17-11-3-5-14-4-1-2-6-16(14)17/h1-12H;1-11H,12H2/q-1;/p+1. The van der Waals surface area contributed by atoms with Gasteiger partial charge in [0.15, 0.2) is 12.7 Å². The third kappa shape index (κ3) is 13.1. The number of alkyl halides is 24. The van der Waals surface area contributed by atoms with Crippen LogP contribution in [0.25, 0.3) is 10.9 Å². The van der Waals surface area contributed by atoms with E-state index in [2.05, 4.69) is 71.9 Å². The molecule has 1 aromatic heterocycles. The van der Waals surface area contributed by atoms with Gasteiger partial charge in [0.05, 0.1) is 44.5 Å². The SMILES string of the molecule is FC(F)(F)c1cc([B-](c2cc(C(F)(F)F)cc(C(F)(F)F)c2)(c2cc(C(F)(F)F)cc(C(F)(F)F)c2)c2cc(C(F)(F)F)cc(C(F)(F)F)c2)cc(C(F)(F)F)c1.Sc1ccc(C[n+]2cccc3ccccc32)cc1. The van der Waals surface area contributed by atoms with Crippen LogP contribution in [0.1, 0.15) is 50.1 Å². The first-order chi connectivity index (χ1) is 34.1. The van der Waals surface area contributed by atoms with Crippen molar-refractivity contribution >= 4 is 51.5 Å². The lowest BCUT2D eigenvalue weighted by molar-refractivity contribution is -0.662. The van der Waals surface area contributed by atoms with Crippen LogP contribution in [0.3, 0.4) is 0 Å². The molecule has 0 aliphatic carbocycles. The second-order valence-electron chi connectivity index (χ2n) is 16.6. The van der Waals surface area contributed by atoms with E-state index in [1.54, 1.807) is 0 Å². The van der Waals surface area contributed by atoms with E-state index in [9.17, 15) is 105 Å². The summed E-state index contributed by atoms with van der Waals surface area (Å²) in [5.74, 6) is 0. The molecule has 0 bridgehead atoms. The van der Waals surface area contributed by atoms with E-state index in [0.29, 0.717) is 0 Å². The van der Waals surface area contributed by atoms with Crippen molar-refractivity contribution in [3.8, 4) is 0 Å². The summed E-state index contributed by atoms with van der Waals surface area (Å²) in [7, 11) is 0. The molecule has 7 rings (SSSR count). The van der Waals surface area contributed by atoms with Crippen LogP contribution in [-0.4, -0.2) is 6.15 Å². The Labute approximate surface area is 411 Å². The molecule has 0 radical (unpaired) electrons. The molecule has 1 heterocycles. The maximum atomic E-state index is 14.2. The molecule has 7 aromatic rings. The molecule has 75 heavy (non-hydrogen) atoms. The molecule has 0 saturated carbocycles. The van der Waals surface area contributed by atoms with E-state index in [1.165, 1.54) is 16.5 Å². The topological polar surface area (TPSA) is 3.88 Å². The van der Waals surface area contributed by atoms with Gasteiger partial charge in [0.1, 0.15) is 6.15 Å². The van der Waals surface area contributed by atoms with Crippen molar-refractivity contribution in [1.29, 1.82) is 0 Å². The molecule has 0 atom stereocenters. The van der Waals surface area contributed by atoms with Gasteiger partial charge in [-0.05, 0) is 48.5 Å². The van der Waals surface area contributed by atoms with Crippen LogP contribution in [0.4, 0.5) is 105 Å². The lowest BCUT2D eigenvalue weighted by Crippen LogP contribution is -2.75. The number of fused-ring (bicyclic) bond motifs is 1. The Morgan fingerprint density at radius 3 is 0.840 bits per heavy atom. The summed E-state index contributed by atoms with van der Waals surface area (Å²) >= 11 is 4.31. The first kappa shape index (κ1) is 57.7. The highest BCUT2D eigenvalue weighted by Crippen LogP contribution is 2.41. The van der Waals surface area contributed by atoms with Crippen LogP contribution in [0.5, 0.6) is 0 Å². The average molecular weight is 1120 g/mol. The smallest absolute Gasteiger partial charge is 0.194 e. The normalized spacial score (nSPS) is 13.5. The van der Waals surface area contributed by atoms with Gasteiger partial charge in [0, 0.05) is 28.0 Å². The third-order valence-electron chi connectivity index (χ3n) is 11.5. The molecule has 0 saturated heterocycles. The minimum atomic E-state index is -6.13. The summed E-state index contributed by atoms with van der Waals surface area (Å²) < 4.78 is 343. The van der Waals surface area contributed by atoms with Crippen molar-refractivity contribution < 1.29 is 110 Å². The van der Waals surface area contributed by atoms with Gasteiger partial charge in [-0.15, -0.1) is 12.6 Å². The molecule has 0 N–H and O–H groups in total. The van der Waals surface area contributed by atoms with E-state index < -0.39 is 195 Å². The second-order valence-corrected chi connectivity index (χ2v) is 17.1. The zero-order chi connectivity index (χ0) is 56.3. The average Bonchev–Trinajstić information content (AvgIpc) is 3.28. The predicted molar refractivity (Wildman–Crippen MR) is 227 cm³/mol. The van der Waals surface area contributed by atoms with Crippen molar-refractivity contribution in [3.63, 3.8) is 0 Å². The number of pyridine rings is 1. The highest BCUT2D eigenvalue weighted by molar-refractivity contribution is 7.80. The number of para-hydroxylation sites is 1. The Morgan fingerprint density at radius 1 is 0.320 bits per heavy atom. The van der Waals surface area contributed by atoms with Crippen LogP contribution >= 0.6 is 12.6 Å². The molecular weight excluding hydrogens is 1090 g/mol. The maximum Gasteiger partial charge on any atom is 0.416 e. The van der Waals surface area contributed by atoms with Gasteiger partial charge in [-0.1, -0.05) is 72.8 Å². The van der Waals surface area contributed by atoms with Crippen LogP contribution in [-0.2, 0) is 56.0 Å².